The Hall–Kier alpha value is -1.19. The highest BCUT2D eigenvalue weighted by Crippen LogP contribution is 2.45. The highest BCUT2D eigenvalue weighted by Gasteiger charge is 2.39. The Labute approximate surface area is 98.0 Å². The highest BCUT2D eigenvalue weighted by atomic mass is 19.2. The third-order valence-corrected chi connectivity index (χ3v) is 4.11. The van der Waals surface area contributed by atoms with Crippen LogP contribution in [0.5, 0.6) is 0 Å². The predicted octanol–water partition coefficient (Wildman–Crippen LogP) is 3.70. The molecule has 0 amide bonds. The zero-order chi connectivity index (χ0) is 12.0. The summed E-state index contributed by atoms with van der Waals surface area (Å²) in [7, 11) is 0. The van der Waals surface area contributed by atoms with Crippen molar-refractivity contribution in [1.29, 1.82) is 0 Å². The van der Waals surface area contributed by atoms with Gasteiger partial charge in [-0.25, -0.2) is 13.2 Å². The topological polar surface area (TPSA) is 12.0 Å². The predicted molar refractivity (Wildman–Crippen MR) is 59.2 cm³/mol. The van der Waals surface area contributed by atoms with Crippen LogP contribution in [0.25, 0.3) is 0 Å². The van der Waals surface area contributed by atoms with E-state index in [0.717, 1.165) is 24.8 Å². The number of nitrogens with one attached hydrogen (secondary N) is 1. The standard InChI is InChI=1S/C13H14F3N/c14-9-3-4-10(13(16)12(9)15)17-11-6-7-1-2-8(11)5-7/h3-4,7-8,11,17H,1-2,5-6H2. The SMILES string of the molecule is Fc1ccc(NC2CC3CCC2C3)c(F)c1F. The molecule has 1 N–H and O–H groups in total. The number of hydrogen-bond donors (Lipinski definition) is 1. The monoisotopic (exact) mass is 241 g/mol. The van der Waals surface area contributed by atoms with Gasteiger partial charge in [-0.2, -0.15) is 0 Å². The number of benzene rings is 1. The molecule has 0 radical (unpaired) electrons. The summed E-state index contributed by atoms with van der Waals surface area (Å²) in [4.78, 5) is 0. The molecule has 0 spiro atoms. The second kappa shape index (κ2) is 3.93. The summed E-state index contributed by atoms with van der Waals surface area (Å²) >= 11 is 0. The third-order valence-electron chi connectivity index (χ3n) is 4.11. The van der Waals surface area contributed by atoms with Crippen molar-refractivity contribution in [1.82, 2.24) is 0 Å². The minimum atomic E-state index is -1.39. The first-order valence-electron chi connectivity index (χ1n) is 6.05. The lowest BCUT2D eigenvalue weighted by atomic mass is 9.95. The Bertz CT molecular complexity index is 447. The Morgan fingerprint density at radius 2 is 1.82 bits per heavy atom. The van der Waals surface area contributed by atoms with E-state index < -0.39 is 17.5 Å². The van der Waals surface area contributed by atoms with Crippen molar-refractivity contribution in [2.24, 2.45) is 11.8 Å². The van der Waals surface area contributed by atoms with E-state index in [2.05, 4.69) is 5.32 Å². The van der Waals surface area contributed by atoms with Crippen LogP contribution in [0.2, 0.25) is 0 Å². The fourth-order valence-electron chi connectivity index (χ4n) is 3.26. The lowest BCUT2D eigenvalue weighted by Crippen LogP contribution is -2.26. The molecule has 3 rings (SSSR count). The molecule has 3 atom stereocenters. The van der Waals surface area contributed by atoms with E-state index in [4.69, 9.17) is 0 Å². The molecule has 1 nitrogen and oxygen atoms in total. The maximum atomic E-state index is 13.5. The van der Waals surface area contributed by atoms with Gasteiger partial charge in [0, 0.05) is 6.04 Å². The van der Waals surface area contributed by atoms with Gasteiger partial charge in [-0.05, 0) is 43.2 Å². The van der Waals surface area contributed by atoms with Gasteiger partial charge >= 0.3 is 0 Å². The van der Waals surface area contributed by atoms with Gasteiger partial charge < -0.3 is 5.32 Å². The Kier molecular flexibility index (Phi) is 2.53. The van der Waals surface area contributed by atoms with Gasteiger partial charge in [0.2, 0.25) is 0 Å². The van der Waals surface area contributed by atoms with Gasteiger partial charge in [0.25, 0.3) is 0 Å². The summed E-state index contributed by atoms with van der Waals surface area (Å²) in [5, 5.41) is 3.03. The van der Waals surface area contributed by atoms with Gasteiger partial charge in [-0.1, -0.05) is 6.42 Å². The molecule has 3 unspecified atom stereocenters. The largest absolute Gasteiger partial charge is 0.380 e. The number of fused-ring (bicyclic) bond motifs is 2. The molecule has 92 valence electrons. The minimum Gasteiger partial charge on any atom is -0.380 e. The molecule has 2 fully saturated rings. The first kappa shape index (κ1) is 10.9. The van der Waals surface area contributed by atoms with Crippen LogP contribution in [0.1, 0.15) is 25.7 Å². The number of halogens is 3. The van der Waals surface area contributed by atoms with Crippen molar-refractivity contribution in [2.75, 3.05) is 5.32 Å². The first-order valence-corrected chi connectivity index (χ1v) is 6.05. The van der Waals surface area contributed by atoms with E-state index in [1.165, 1.54) is 18.9 Å². The Morgan fingerprint density at radius 1 is 1.00 bits per heavy atom. The first-order chi connectivity index (χ1) is 8.15. The summed E-state index contributed by atoms with van der Waals surface area (Å²) in [5.74, 6) is -2.34. The van der Waals surface area contributed by atoms with Crippen molar-refractivity contribution in [3.8, 4) is 0 Å². The van der Waals surface area contributed by atoms with Gasteiger partial charge in [-0.3, -0.25) is 0 Å². The van der Waals surface area contributed by atoms with Gasteiger partial charge in [-0.15, -0.1) is 0 Å². The third kappa shape index (κ3) is 1.79. The molecule has 0 aromatic heterocycles. The molecule has 2 bridgehead atoms. The van der Waals surface area contributed by atoms with Crippen LogP contribution in [-0.2, 0) is 0 Å². The van der Waals surface area contributed by atoms with Crippen molar-refractivity contribution in [3.05, 3.63) is 29.6 Å². The number of rotatable bonds is 2. The maximum absolute atomic E-state index is 13.5. The average molecular weight is 241 g/mol. The van der Waals surface area contributed by atoms with Crippen LogP contribution in [0.4, 0.5) is 18.9 Å². The summed E-state index contributed by atoms with van der Waals surface area (Å²) in [6.45, 7) is 0. The normalized spacial score (nSPS) is 30.9. The van der Waals surface area contributed by atoms with Crippen molar-refractivity contribution >= 4 is 5.69 Å². The molecule has 0 heterocycles. The minimum absolute atomic E-state index is 0.0847. The smallest absolute Gasteiger partial charge is 0.196 e. The second-order valence-electron chi connectivity index (χ2n) is 5.15. The fourth-order valence-corrected chi connectivity index (χ4v) is 3.26. The Balaban J connectivity index is 1.79. The molecule has 0 saturated heterocycles. The van der Waals surface area contributed by atoms with Crippen LogP contribution in [-0.4, -0.2) is 6.04 Å². The summed E-state index contributed by atoms with van der Waals surface area (Å²) in [6, 6.07) is 2.46. The molecule has 0 aliphatic heterocycles. The molecule has 2 saturated carbocycles. The molecule has 1 aromatic carbocycles. The molecule has 2 aliphatic carbocycles. The lowest BCUT2D eigenvalue weighted by molar-refractivity contribution is 0.429. The summed E-state index contributed by atoms with van der Waals surface area (Å²) in [5.41, 5.74) is 0.0847. The molecular weight excluding hydrogens is 227 g/mol. The number of hydrogen-bond acceptors (Lipinski definition) is 1. The van der Waals surface area contributed by atoms with Crippen LogP contribution < -0.4 is 5.32 Å². The van der Waals surface area contributed by atoms with E-state index in [0.29, 0.717) is 5.92 Å². The zero-order valence-corrected chi connectivity index (χ0v) is 9.35. The molecule has 17 heavy (non-hydrogen) atoms. The van der Waals surface area contributed by atoms with Crippen molar-refractivity contribution in [3.63, 3.8) is 0 Å². The van der Waals surface area contributed by atoms with E-state index >= 15 is 0 Å². The highest BCUT2D eigenvalue weighted by molar-refractivity contribution is 5.46. The van der Waals surface area contributed by atoms with Crippen molar-refractivity contribution in [2.45, 2.75) is 31.7 Å². The van der Waals surface area contributed by atoms with Gasteiger partial charge in [0.15, 0.2) is 17.5 Å². The molecular formula is C13H14F3N. The average Bonchev–Trinajstić information content (AvgIpc) is 2.92. The summed E-state index contributed by atoms with van der Waals surface area (Å²) < 4.78 is 39.3. The van der Waals surface area contributed by atoms with E-state index in [1.807, 2.05) is 0 Å². The lowest BCUT2D eigenvalue weighted by Gasteiger charge is -2.24. The van der Waals surface area contributed by atoms with Crippen LogP contribution in [0.3, 0.4) is 0 Å². The van der Waals surface area contributed by atoms with Crippen LogP contribution in [0, 0.1) is 29.3 Å². The molecule has 2 aliphatic rings. The summed E-state index contributed by atoms with van der Waals surface area (Å²) in [6.07, 6.45) is 4.61. The van der Waals surface area contributed by atoms with Crippen molar-refractivity contribution < 1.29 is 13.2 Å². The maximum Gasteiger partial charge on any atom is 0.196 e. The second-order valence-corrected chi connectivity index (χ2v) is 5.15. The molecule has 4 heteroatoms. The van der Waals surface area contributed by atoms with Gasteiger partial charge in [0.05, 0.1) is 5.69 Å². The molecule has 1 aromatic rings. The van der Waals surface area contributed by atoms with E-state index in [-0.39, 0.29) is 11.7 Å². The zero-order valence-electron chi connectivity index (χ0n) is 9.35. The van der Waals surface area contributed by atoms with E-state index in [1.54, 1.807) is 0 Å². The van der Waals surface area contributed by atoms with E-state index in [9.17, 15) is 13.2 Å². The fraction of sp³-hybridized carbons (Fsp3) is 0.538. The number of anilines is 1. The quantitative estimate of drug-likeness (QED) is 0.778. The Morgan fingerprint density at radius 3 is 2.47 bits per heavy atom. The van der Waals surface area contributed by atoms with Gasteiger partial charge in [0.1, 0.15) is 0 Å². The van der Waals surface area contributed by atoms with Crippen LogP contribution >= 0.6 is 0 Å². The van der Waals surface area contributed by atoms with Crippen LogP contribution in [0.15, 0.2) is 12.1 Å².